The SMILES string of the molecule is O=P([O-])([O-])[O-].[Nb+5].[O-2]. The number of phosphoric acid groups is 1. The fourth-order valence-electron chi connectivity index (χ4n) is 0. The molecule has 0 N–H and O–H groups in total. The fraction of sp³-hybridized carbons (Fsp3) is 0. The van der Waals surface area contributed by atoms with E-state index in [0.29, 0.717) is 0 Å². The van der Waals surface area contributed by atoms with Crippen LogP contribution in [0.5, 0.6) is 0 Å². The maximum atomic E-state index is 8.55. The molecule has 0 aliphatic rings. The van der Waals surface area contributed by atoms with Crippen LogP contribution in [-0.4, -0.2) is 0 Å². The minimum absolute atomic E-state index is 0. The third-order valence-electron chi connectivity index (χ3n) is 0. The molecule has 5 nitrogen and oxygen atoms in total. The summed E-state index contributed by atoms with van der Waals surface area (Å²) in [5.74, 6) is 0. The molecule has 0 saturated carbocycles. The molecule has 0 spiro atoms. The van der Waals surface area contributed by atoms with Crippen molar-refractivity contribution in [2.45, 2.75) is 0 Å². The van der Waals surface area contributed by atoms with Gasteiger partial charge in [-0.2, -0.15) is 7.82 Å². The van der Waals surface area contributed by atoms with Crippen molar-refractivity contribution in [3.05, 3.63) is 0 Å². The van der Waals surface area contributed by atoms with Crippen molar-refractivity contribution in [1.29, 1.82) is 0 Å². The molecule has 0 rings (SSSR count). The quantitative estimate of drug-likeness (QED) is 0.309. The van der Waals surface area contributed by atoms with Gasteiger partial charge in [0.25, 0.3) is 0 Å². The molecule has 40 valence electrons. The van der Waals surface area contributed by atoms with E-state index in [1.54, 1.807) is 0 Å². The second-order valence-corrected chi connectivity index (χ2v) is 1.34. The Morgan fingerprint density at radius 2 is 1.14 bits per heavy atom. The third kappa shape index (κ3) is 240. The van der Waals surface area contributed by atoms with E-state index in [0.717, 1.165) is 0 Å². The number of hydrogen-bond acceptors (Lipinski definition) is 4. The monoisotopic (exact) mass is 204 g/mol. The van der Waals surface area contributed by atoms with E-state index in [4.69, 9.17) is 19.2 Å². The van der Waals surface area contributed by atoms with E-state index in [1.165, 1.54) is 0 Å². The second-order valence-electron chi connectivity index (χ2n) is 0.447. The van der Waals surface area contributed by atoms with Gasteiger partial charge in [0.05, 0.1) is 0 Å². The number of hydrogen-bond donors (Lipinski definition) is 0. The zero-order valence-electron chi connectivity index (χ0n) is 2.94. The molecular formula is NbO5P. The molecule has 0 atom stereocenters. The normalized spacial score (nSPS) is 8.43. The molecule has 0 unspecified atom stereocenters. The van der Waals surface area contributed by atoms with Crippen molar-refractivity contribution < 1.29 is 47.1 Å². The first-order valence-corrected chi connectivity index (χ1v) is 2.19. The van der Waals surface area contributed by atoms with Gasteiger partial charge in [-0.1, -0.05) is 0 Å². The molecule has 0 radical (unpaired) electrons. The summed E-state index contributed by atoms with van der Waals surface area (Å²) >= 11 is 0. The average molecular weight is 204 g/mol. The first kappa shape index (κ1) is 15.7. The van der Waals surface area contributed by atoms with Crippen LogP contribution in [0.3, 0.4) is 0 Å². The van der Waals surface area contributed by atoms with E-state index in [1.807, 2.05) is 0 Å². The third-order valence-corrected chi connectivity index (χ3v) is 0. The van der Waals surface area contributed by atoms with Crippen LogP contribution >= 0.6 is 7.82 Å². The summed E-state index contributed by atoms with van der Waals surface area (Å²) in [5, 5.41) is 0. The summed E-state index contributed by atoms with van der Waals surface area (Å²) in [6.07, 6.45) is 0. The molecule has 0 aromatic rings. The molecule has 0 saturated heterocycles. The molecule has 0 aliphatic carbocycles. The van der Waals surface area contributed by atoms with Gasteiger partial charge in [0.2, 0.25) is 0 Å². The molecule has 7 heteroatoms. The first-order chi connectivity index (χ1) is 2.00. The minimum atomic E-state index is -5.39. The Balaban J connectivity index is -0.0000000800. The van der Waals surface area contributed by atoms with Crippen molar-refractivity contribution in [2.75, 3.05) is 0 Å². The zero-order chi connectivity index (χ0) is 4.50. The first-order valence-electron chi connectivity index (χ1n) is 0.730. The Morgan fingerprint density at radius 1 is 1.14 bits per heavy atom. The van der Waals surface area contributed by atoms with Gasteiger partial charge in [-0.3, -0.25) is 0 Å². The van der Waals surface area contributed by atoms with E-state index in [-0.39, 0.29) is 27.9 Å². The van der Waals surface area contributed by atoms with Crippen LogP contribution in [0.25, 0.3) is 0 Å². The summed E-state index contributed by atoms with van der Waals surface area (Å²) in [5.41, 5.74) is 0. The summed E-state index contributed by atoms with van der Waals surface area (Å²) in [4.78, 5) is 25.6. The molecule has 0 aromatic carbocycles. The Kier molecular flexibility index (Phi) is 11.1. The van der Waals surface area contributed by atoms with Gasteiger partial charge in [0.15, 0.2) is 0 Å². The molecule has 0 bridgehead atoms. The van der Waals surface area contributed by atoms with Crippen molar-refractivity contribution in [3.8, 4) is 0 Å². The summed E-state index contributed by atoms with van der Waals surface area (Å²) in [7, 11) is -5.39. The van der Waals surface area contributed by atoms with Crippen molar-refractivity contribution in [1.82, 2.24) is 0 Å². The maximum absolute atomic E-state index is 8.55. The molecule has 0 aromatic heterocycles. The second kappa shape index (κ2) is 4.96. The van der Waals surface area contributed by atoms with Crippen LogP contribution in [0.15, 0.2) is 0 Å². The average Bonchev–Trinajstić information content (AvgIpc) is 0.722. The van der Waals surface area contributed by atoms with Crippen molar-refractivity contribution >= 4 is 7.82 Å². The molecular weight excluding hydrogens is 204 g/mol. The Morgan fingerprint density at radius 3 is 1.14 bits per heavy atom. The fourth-order valence-corrected chi connectivity index (χ4v) is 0. The van der Waals surface area contributed by atoms with Crippen molar-refractivity contribution in [2.24, 2.45) is 0 Å². The predicted octanol–water partition coefficient (Wildman–Crippen LogP) is -2.95. The smallest absolute Gasteiger partial charge is 2.00 e. The van der Waals surface area contributed by atoms with E-state index < -0.39 is 7.82 Å². The zero-order valence-corrected chi connectivity index (χ0v) is 6.03. The van der Waals surface area contributed by atoms with Crippen LogP contribution in [0.4, 0.5) is 0 Å². The Bertz CT molecular complexity index is 54.2. The van der Waals surface area contributed by atoms with Crippen LogP contribution in [-0.2, 0) is 32.4 Å². The van der Waals surface area contributed by atoms with Gasteiger partial charge in [-0.05, 0) is 0 Å². The van der Waals surface area contributed by atoms with Gasteiger partial charge >= 0.3 is 22.4 Å². The summed E-state index contributed by atoms with van der Waals surface area (Å²) < 4.78 is 8.55. The molecule has 0 aliphatic heterocycles. The standard InChI is InChI=1S/Nb.H3O4P.O/c;1-5(2,3)4;/h;(H3,1,2,3,4);/q+5;;-2/p-3. The van der Waals surface area contributed by atoms with Crippen LogP contribution in [0.1, 0.15) is 0 Å². The van der Waals surface area contributed by atoms with Crippen LogP contribution in [0, 0.1) is 0 Å². The van der Waals surface area contributed by atoms with E-state index in [2.05, 4.69) is 0 Å². The molecule has 0 amide bonds. The Hall–Kier alpha value is 0.810. The van der Waals surface area contributed by atoms with Crippen molar-refractivity contribution in [3.63, 3.8) is 0 Å². The topological polar surface area (TPSA) is 115 Å². The van der Waals surface area contributed by atoms with Gasteiger partial charge in [0.1, 0.15) is 0 Å². The van der Waals surface area contributed by atoms with Gasteiger partial charge in [-0.25, -0.2) is 0 Å². The largest absolute Gasteiger partial charge is 5.00 e. The van der Waals surface area contributed by atoms with Crippen LogP contribution < -0.4 is 14.7 Å². The summed E-state index contributed by atoms with van der Waals surface area (Å²) in [6, 6.07) is 0. The van der Waals surface area contributed by atoms with Crippen LogP contribution in [0.2, 0.25) is 0 Å². The van der Waals surface area contributed by atoms with Gasteiger partial charge in [0, 0.05) is 0 Å². The molecule has 0 fully saturated rings. The predicted molar refractivity (Wildman–Crippen MR) is 8.29 cm³/mol. The van der Waals surface area contributed by atoms with E-state index in [9.17, 15) is 0 Å². The maximum Gasteiger partial charge on any atom is 5.00 e. The Labute approximate surface area is 55.4 Å². The van der Waals surface area contributed by atoms with Gasteiger partial charge in [-0.15, -0.1) is 0 Å². The molecule has 0 heterocycles. The van der Waals surface area contributed by atoms with Gasteiger partial charge < -0.3 is 24.7 Å². The minimum Gasteiger partial charge on any atom is -2.00 e. The number of rotatable bonds is 0. The van der Waals surface area contributed by atoms with E-state index >= 15 is 0 Å². The molecule has 7 heavy (non-hydrogen) atoms. The summed E-state index contributed by atoms with van der Waals surface area (Å²) in [6.45, 7) is 0.